The van der Waals surface area contributed by atoms with E-state index >= 15 is 0 Å². The fourth-order valence-electron chi connectivity index (χ4n) is 2.47. The van der Waals surface area contributed by atoms with Crippen molar-refractivity contribution in [3.8, 4) is 0 Å². The molecule has 1 atom stereocenters. The van der Waals surface area contributed by atoms with Gasteiger partial charge in [-0.3, -0.25) is 0 Å². The molecule has 0 bridgehead atoms. The van der Waals surface area contributed by atoms with Gasteiger partial charge in [0.1, 0.15) is 0 Å². The molecule has 1 N–H and O–H groups in total. The number of rotatable bonds is 3. The van der Waals surface area contributed by atoms with Gasteiger partial charge >= 0.3 is 0 Å². The minimum Gasteiger partial charge on any atom is -0.317 e. The van der Waals surface area contributed by atoms with Crippen molar-refractivity contribution in [2.75, 3.05) is 13.1 Å². The third-order valence-corrected chi connectivity index (χ3v) is 3.34. The van der Waals surface area contributed by atoms with Gasteiger partial charge in [0.2, 0.25) is 0 Å². The molecular weight excluding hydrogens is 146 g/mol. The summed E-state index contributed by atoms with van der Waals surface area (Å²) in [5.74, 6) is 2.00. The molecule has 1 unspecified atom stereocenters. The lowest BCUT2D eigenvalue weighted by Crippen LogP contribution is -2.17. The van der Waals surface area contributed by atoms with Crippen molar-refractivity contribution < 1.29 is 0 Å². The monoisotopic (exact) mass is 169 g/mol. The Balaban J connectivity index is 2.35. The Hall–Kier alpha value is -0.0400. The predicted octanol–water partition coefficient (Wildman–Crippen LogP) is 2.81. The van der Waals surface area contributed by atoms with Gasteiger partial charge in [0.05, 0.1) is 0 Å². The molecule has 0 amide bonds. The molecule has 0 spiro atoms. The molecule has 1 rings (SSSR count). The largest absolute Gasteiger partial charge is 0.317 e. The van der Waals surface area contributed by atoms with Gasteiger partial charge in [0, 0.05) is 0 Å². The van der Waals surface area contributed by atoms with Crippen molar-refractivity contribution in [1.29, 1.82) is 0 Å². The molecule has 1 heteroatoms. The molecule has 0 saturated carbocycles. The highest BCUT2D eigenvalue weighted by Gasteiger charge is 2.19. The van der Waals surface area contributed by atoms with Crippen LogP contribution in [0, 0.1) is 11.8 Å². The molecule has 12 heavy (non-hydrogen) atoms. The molecule has 1 aliphatic heterocycles. The van der Waals surface area contributed by atoms with Gasteiger partial charge in [0.15, 0.2) is 0 Å². The SMILES string of the molecule is CCC(CC)C1CCCNCC1. The van der Waals surface area contributed by atoms with Crippen LogP contribution in [0.5, 0.6) is 0 Å². The van der Waals surface area contributed by atoms with Crippen molar-refractivity contribution in [2.45, 2.75) is 46.0 Å². The Kier molecular flexibility index (Phi) is 4.67. The summed E-state index contributed by atoms with van der Waals surface area (Å²) in [7, 11) is 0. The third-order valence-electron chi connectivity index (χ3n) is 3.34. The second-order valence-electron chi connectivity index (χ2n) is 4.02. The molecule has 72 valence electrons. The average Bonchev–Trinajstić information content (AvgIpc) is 2.35. The van der Waals surface area contributed by atoms with Crippen molar-refractivity contribution in [2.24, 2.45) is 11.8 Å². The summed E-state index contributed by atoms with van der Waals surface area (Å²) in [6.45, 7) is 7.18. The normalized spacial score (nSPS) is 25.8. The smallest absolute Gasteiger partial charge is 0.00462 e. The van der Waals surface area contributed by atoms with E-state index in [1.807, 2.05) is 0 Å². The second-order valence-corrected chi connectivity index (χ2v) is 4.02. The lowest BCUT2D eigenvalue weighted by atomic mass is 9.83. The van der Waals surface area contributed by atoms with Gasteiger partial charge in [0.25, 0.3) is 0 Å². The fraction of sp³-hybridized carbons (Fsp3) is 1.00. The first-order valence-corrected chi connectivity index (χ1v) is 5.59. The summed E-state index contributed by atoms with van der Waals surface area (Å²) in [6, 6.07) is 0. The number of hydrogen-bond donors (Lipinski definition) is 1. The van der Waals surface area contributed by atoms with Crippen LogP contribution in [0.3, 0.4) is 0 Å². The van der Waals surface area contributed by atoms with E-state index in [1.54, 1.807) is 0 Å². The van der Waals surface area contributed by atoms with E-state index in [2.05, 4.69) is 19.2 Å². The van der Waals surface area contributed by atoms with E-state index in [-0.39, 0.29) is 0 Å². The molecule has 1 fully saturated rings. The topological polar surface area (TPSA) is 12.0 Å². The van der Waals surface area contributed by atoms with E-state index in [4.69, 9.17) is 0 Å². The van der Waals surface area contributed by atoms with Gasteiger partial charge < -0.3 is 5.32 Å². The number of nitrogens with one attached hydrogen (secondary N) is 1. The van der Waals surface area contributed by atoms with Crippen LogP contribution in [0.15, 0.2) is 0 Å². The van der Waals surface area contributed by atoms with Crippen LogP contribution >= 0.6 is 0 Å². The maximum atomic E-state index is 3.48. The molecular formula is C11H23N. The second kappa shape index (κ2) is 5.58. The highest BCUT2D eigenvalue weighted by Crippen LogP contribution is 2.27. The lowest BCUT2D eigenvalue weighted by molar-refractivity contribution is 0.287. The average molecular weight is 169 g/mol. The zero-order valence-corrected chi connectivity index (χ0v) is 8.60. The van der Waals surface area contributed by atoms with Crippen LogP contribution < -0.4 is 5.32 Å². The van der Waals surface area contributed by atoms with Crippen molar-refractivity contribution in [3.05, 3.63) is 0 Å². The zero-order chi connectivity index (χ0) is 8.81. The van der Waals surface area contributed by atoms with Gasteiger partial charge in [-0.25, -0.2) is 0 Å². The molecule has 0 radical (unpaired) electrons. The van der Waals surface area contributed by atoms with E-state index in [9.17, 15) is 0 Å². The molecule has 1 aliphatic rings. The van der Waals surface area contributed by atoms with Crippen LogP contribution in [0.2, 0.25) is 0 Å². The van der Waals surface area contributed by atoms with E-state index in [1.165, 1.54) is 45.2 Å². The minimum absolute atomic E-state index is 0.991. The van der Waals surface area contributed by atoms with Gasteiger partial charge in [-0.15, -0.1) is 0 Å². The first kappa shape index (κ1) is 10.0. The Labute approximate surface area is 76.9 Å². The summed E-state index contributed by atoms with van der Waals surface area (Å²) >= 11 is 0. The van der Waals surface area contributed by atoms with Crippen molar-refractivity contribution in [3.63, 3.8) is 0 Å². The van der Waals surface area contributed by atoms with Crippen molar-refractivity contribution >= 4 is 0 Å². The minimum atomic E-state index is 0.991. The van der Waals surface area contributed by atoms with Crippen LogP contribution in [0.25, 0.3) is 0 Å². The molecule has 0 aliphatic carbocycles. The maximum absolute atomic E-state index is 3.48. The molecule has 1 nitrogen and oxygen atoms in total. The van der Waals surface area contributed by atoms with Gasteiger partial charge in [-0.05, 0) is 44.2 Å². The molecule has 0 aromatic rings. The highest BCUT2D eigenvalue weighted by molar-refractivity contribution is 4.72. The highest BCUT2D eigenvalue weighted by atomic mass is 14.8. The first-order chi connectivity index (χ1) is 5.88. The molecule has 0 aromatic heterocycles. The predicted molar refractivity (Wildman–Crippen MR) is 54.3 cm³/mol. The molecule has 1 saturated heterocycles. The maximum Gasteiger partial charge on any atom is -0.00462 e. The lowest BCUT2D eigenvalue weighted by Gasteiger charge is -2.23. The van der Waals surface area contributed by atoms with Gasteiger partial charge in [-0.2, -0.15) is 0 Å². The Morgan fingerprint density at radius 1 is 1.17 bits per heavy atom. The third kappa shape index (κ3) is 2.78. The van der Waals surface area contributed by atoms with Crippen LogP contribution in [-0.2, 0) is 0 Å². The van der Waals surface area contributed by atoms with E-state index in [0.717, 1.165) is 11.8 Å². The Bertz CT molecular complexity index is 99.6. The first-order valence-electron chi connectivity index (χ1n) is 5.59. The Morgan fingerprint density at radius 2 is 1.92 bits per heavy atom. The standard InChI is InChI=1S/C11H23N/c1-3-10(4-2)11-6-5-8-12-9-7-11/h10-12H,3-9H2,1-2H3. The van der Waals surface area contributed by atoms with Crippen LogP contribution in [-0.4, -0.2) is 13.1 Å². The van der Waals surface area contributed by atoms with Crippen LogP contribution in [0.1, 0.15) is 46.0 Å². The summed E-state index contributed by atoms with van der Waals surface area (Å²) in [5.41, 5.74) is 0. The van der Waals surface area contributed by atoms with E-state index in [0.29, 0.717) is 0 Å². The number of hydrogen-bond acceptors (Lipinski definition) is 1. The van der Waals surface area contributed by atoms with Crippen molar-refractivity contribution in [1.82, 2.24) is 5.32 Å². The molecule has 0 aromatic carbocycles. The quantitative estimate of drug-likeness (QED) is 0.685. The Morgan fingerprint density at radius 3 is 2.58 bits per heavy atom. The fourth-order valence-corrected chi connectivity index (χ4v) is 2.47. The van der Waals surface area contributed by atoms with Crippen LogP contribution in [0.4, 0.5) is 0 Å². The van der Waals surface area contributed by atoms with E-state index < -0.39 is 0 Å². The summed E-state index contributed by atoms with van der Waals surface area (Å²) in [5, 5.41) is 3.48. The molecule has 1 heterocycles. The van der Waals surface area contributed by atoms with Gasteiger partial charge in [-0.1, -0.05) is 26.7 Å². The summed E-state index contributed by atoms with van der Waals surface area (Å²) in [6.07, 6.45) is 7.01. The summed E-state index contributed by atoms with van der Waals surface area (Å²) in [4.78, 5) is 0. The summed E-state index contributed by atoms with van der Waals surface area (Å²) < 4.78 is 0. The zero-order valence-electron chi connectivity index (χ0n) is 8.60.